The normalized spacial score (nSPS) is 25.3. The van der Waals surface area contributed by atoms with Gasteiger partial charge in [0.15, 0.2) is 0 Å². The Morgan fingerprint density at radius 2 is 2.06 bits per heavy atom. The molecule has 0 radical (unpaired) electrons. The summed E-state index contributed by atoms with van der Waals surface area (Å²) in [5.74, 6) is 0.612. The van der Waals surface area contributed by atoms with Crippen LogP contribution in [-0.4, -0.2) is 46.2 Å². The van der Waals surface area contributed by atoms with Crippen LogP contribution in [0.4, 0.5) is 0 Å². The molecule has 5 heteroatoms. The van der Waals surface area contributed by atoms with E-state index in [2.05, 4.69) is 12.2 Å². The van der Waals surface area contributed by atoms with E-state index < -0.39 is 9.84 Å². The molecule has 1 fully saturated rings. The Morgan fingerprint density at radius 1 is 1.29 bits per heavy atom. The molecule has 1 aliphatic heterocycles. The molecule has 4 nitrogen and oxygen atoms in total. The lowest BCUT2D eigenvalue weighted by Gasteiger charge is -2.27. The molecule has 1 N–H and O–H groups in total. The van der Waals surface area contributed by atoms with Crippen LogP contribution in [0.2, 0.25) is 0 Å². The third-order valence-corrected chi connectivity index (χ3v) is 5.25. The molecule has 0 aromatic carbocycles. The molecule has 1 rings (SSSR count). The predicted molar refractivity (Wildman–Crippen MR) is 70.0 cm³/mol. The highest BCUT2D eigenvalue weighted by Gasteiger charge is 2.35. The Kier molecular flexibility index (Phi) is 5.89. The molecule has 1 heterocycles. The largest absolute Gasteiger partial charge is 0.381 e. The lowest BCUT2D eigenvalue weighted by atomic mass is 9.84. The second kappa shape index (κ2) is 6.71. The molecule has 0 bridgehead atoms. The molecule has 1 unspecified atom stereocenters. The quantitative estimate of drug-likeness (QED) is 0.715. The summed E-state index contributed by atoms with van der Waals surface area (Å²) in [4.78, 5) is 0. The third-order valence-electron chi connectivity index (χ3n) is 3.39. The Morgan fingerprint density at radius 3 is 2.59 bits per heavy atom. The van der Waals surface area contributed by atoms with E-state index in [0.29, 0.717) is 24.5 Å². The molecular weight excluding hydrogens is 238 g/mol. The summed E-state index contributed by atoms with van der Waals surface area (Å²) in [7, 11) is -2.87. The minimum atomic E-state index is -2.87. The molecule has 0 spiro atoms. The molecule has 1 aliphatic rings. The van der Waals surface area contributed by atoms with Crippen molar-refractivity contribution >= 4 is 9.84 Å². The summed E-state index contributed by atoms with van der Waals surface area (Å²) in [6.07, 6.45) is 2.41. The van der Waals surface area contributed by atoms with Crippen LogP contribution in [0.25, 0.3) is 0 Å². The number of sulfone groups is 1. The van der Waals surface area contributed by atoms with E-state index in [-0.39, 0.29) is 5.41 Å². The molecule has 0 amide bonds. The summed E-state index contributed by atoms with van der Waals surface area (Å²) in [5.41, 5.74) is 0.0385. The average molecular weight is 263 g/mol. The van der Waals surface area contributed by atoms with Gasteiger partial charge in [0.25, 0.3) is 0 Å². The summed E-state index contributed by atoms with van der Waals surface area (Å²) < 4.78 is 28.9. The van der Waals surface area contributed by atoms with Gasteiger partial charge in [0.2, 0.25) is 0 Å². The number of rotatable bonds is 8. The Bertz CT molecular complexity index is 308. The Labute approximate surface area is 105 Å². The predicted octanol–water partition coefficient (Wildman–Crippen LogP) is 1.22. The molecule has 0 aliphatic carbocycles. The van der Waals surface area contributed by atoms with E-state index in [9.17, 15) is 8.42 Å². The van der Waals surface area contributed by atoms with Gasteiger partial charge in [0.05, 0.1) is 12.4 Å². The van der Waals surface area contributed by atoms with Crippen molar-refractivity contribution < 1.29 is 13.2 Å². The highest BCUT2D eigenvalue weighted by atomic mass is 32.2. The molecular formula is C12H25NO3S. The second-order valence-corrected chi connectivity index (χ2v) is 7.29. The van der Waals surface area contributed by atoms with Crippen molar-refractivity contribution in [2.24, 2.45) is 5.41 Å². The third kappa shape index (κ3) is 4.94. The van der Waals surface area contributed by atoms with E-state index in [1.807, 2.05) is 6.92 Å². The van der Waals surface area contributed by atoms with Gasteiger partial charge >= 0.3 is 0 Å². The van der Waals surface area contributed by atoms with E-state index in [4.69, 9.17) is 4.74 Å². The van der Waals surface area contributed by atoms with Crippen LogP contribution in [-0.2, 0) is 14.6 Å². The molecule has 102 valence electrons. The topological polar surface area (TPSA) is 55.4 Å². The zero-order valence-electron chi connectivity index (χ0n) is 11.0. The van der Waals surface area contributed by atoms with Gasteiger partial charge in [-0.05, 0) is 25.8 Å². The number of ether oxygens (including phenoxy) is 1. The summed E-state index contributed by atoms with van der Waals surface area (Å²) in [5, 5.41) is 3.32. The SMILES string of the molecule is CCCS(=O)(=O)CCC1(CNCC)CCOC1. The maximum Gasteiger partial charge on any atom is 0.150 e. The van der Waals surface area contributed by atoms with Gasteiger partial charge in [0, 0.05) is 24.3 Å². The fraction of sp³-hybridized carbons (Fsp3) is 1.00. The van der Waals surface area contributed by atoms with E-state index in [1.165, 1.54) is 0 Å². The van der Waals surface area contributed by atoms with Gasteiger partial charge in [0.1, 0.15) is 9.84 Å². The summed E-state index contributed by atoms with van der Waals surface area (Å²) >= 11 is 0. The van der Waals surface area contributed by atoms with E-state index in [1.54, 1.807) is 0 Å². The highest BCUT2D eigenvalue weighted by Crippen LogP contribution is 2.32. The maximum absolute atomic E-state index is 11.7. The molecule has 1 atom stereocenters. The van der Waals surface area contributed by atoms with Gasteiger partial charge in [-0.2, -0.15) is 0 Å². The van der Waals surface area contributed by atoms with Crippen molar-refractivity contribution in [1.29, 1.82) is 0 Å². The van der Waals surface area contributed by atoms with Crippen molar-refractivity contribution in [3.63, 3.8) is 0 Å². The minimum Gasteiger partial charge on any atom is -0.381 e. The zero-order chi connectivity index (χ0) is 12.8. The van der Waals surface area contributed by atoms with Crippen molar-refractivity contribution in [2.75, 3.05) is 37.8 Å². The zero-order valence-corrected chi connectivity index (χ0v) is 11.8. The van der Waals surface area contributed by atoms with Crippen LogP contribution in [0.1, 0.15) is 33.1 Å². The Hall–Kier alpha value is -0.130. The fourth-order valence-electron chi connectivity index (χ4n) is 2.25. The standard InChI is InChI=1S/C12H25NO3S/c1-3-8-17(14,15)9-6-12(10-13-4-2)5-7-16-11-12/h13H,3-11H2,1-2H3. The highest BCUT2D eigenvalue weighted by molar-refractivity contribution is 7.91. The first kappa shape index (κ1) is 14.9. The first-order valence-corrected chi connectivity index (χ1v) is 8.34. The molecule has 0 aromatic rings. The summed E-state index contributed by atoms with van der Waals surface area (Å²) in [6.45, 7) is 7.22. The van der Waals surface area contributed by atoms with Crippen LogP contribution in [0.15, 0.2) is 0 Å². The van der Waals surface area contributed by atoms with E-state index >= 15 is 0 Å². The van der Waals surface area contributed by atoms with Crippen molar-refractivity contribution in [3.8, 4) is 0 Å². The van der Waals surface area contributed by atoms with Crippen LogP contribution in [0, 0.1) is 5.41 Å². The van der Waals surface area contributed by atoms with Crippen LogP contribution in [0.3, 0.4) is 0 Å². The molecule has 1 saturated heterocycles. The van der Waals surface area contributed by atoms with Gasteiger partial charge < -0.3 is 10.1 Å². The monoisotopic (exact) mass is 263 g/mol. The number of nitrogens with one attached hydrogen (secondary N) is 1. The molecule has 0 aromatic heterocycles. The first-order valence-electron chi connectivity index (χ1n) is 6.52. The van der Waals surface area contributed by atoms with Crippen molar-refractivity contribution in [1.82, 2.24) is 5.32 Å². The van der Waals surface area contributed by atoms with Gasteiger partial charge in [-0.3, -0.25) is 0 Å². The summed E-state index contributed by atoms with van der Waals surface area (Å²) in [6, 6.07) is 0. The number of hydrogen-bond acceptors (Lipinski definition) is 4. The average Bonchev–Trinajstić information content (AvgIpc) is 2.73. The second-order valence-electron chi connectivity index (χ2n) is 4.98. The van der Waals surface area contributed by atoms with Gasteiger partial charge in [-0.15, -0.1) is 0 Å². The fourth-order valence-corrected chi connectivity index (χ4v) is 3.82. The lowest BCUT2D eigenvalue weighted by molar-refractivity contribution is 0.148. The van der Waals surface area contributed by atoms with Crippen LogP contribution >= 0.6 is 0 Å². The molecule has 17 heavy (non-hydrogen) atoms. The van der Waals surface area contributed by atoms with Gasteiger partial charge in [-0.1, -0.05) is 13.8 Å². The maximum atomic E-state index is 11.7. The van der Waals surface area contributed by atoms with Crippen LogP contribution in [0.5, 0.6) is 0 Å². The minimum absolute atomic E-state index is 0.0385. The molecule has 0 saturated carbocycles. The van der Waals surface area contributed by atoms with Crippen LogP contribution < -0.4 is 5.32 Å². The van der Waals surface area contributed by atoms with E-state index in [0.717, 1.165) is 32.5 Å². The van der Waals surface area contributed by atoms with Crippen molar-refractivity contribution in [2.45, 2.75) is 33.1 Å². The number of hydrogen-bond donors (Lipinski definition) is 1. The smallest absolute Gasteiger partial charge is 0.150 e. The van der Waals surface area contributed by atoms with Gasteiger partial charge in [-0.25, -0.2) is 8.42 Å². The first-order chi connectivity index (χ1) is 8.04. The Balaban J connectivity index is 2.50. The van der Waals surface area contributed by atoms with Crippen molar-refractivity contribution in [3.05, 3.63) is 0 Å². The lowest BCUT2D eigenvalue weighted by Crippen LogP contribution is -2.36.